The van der Waals surface area contributed by atoms with Crippen molar-refractivity contribution in [1.29, 1.82) is 0 Å². The van der Waals surface area contributed by atoms with Crippen molar-refractivity contribution < 1.29 is 19.4 Å². The number of nitrogens with one attached hydrogen (secondary N) is 1. The first-order valence-corrected chi connectivity index (χ1v) is 6.34. The van der Waals surface area contributed by atoms with E-state index < -0.39 is 11.5 Å². The van der Waals surface area contributed by atoms with E-state index in [2.05, 4.69) is 19.2 Å². The number of esters is 1. The molecule has 0 aliphatic heterocycles. The lowest BCUT2D eigenvalue weighted by atomic mass is 9.94. The summed E-state index contributed by atoms with van der Waals surface area (Å²) in [4.78, 5) is 11.4. The molecule has 0 radical (unpaired) electrons. The van der Waals surface area contributed by atoms with Crippen LogP contribution >= 0.6 is 0 Å². The number of hydrogen-bond donors (Lipinski definition) is 2. The molecule has 0 aliphatic carbocycles. The van der Waals surface area contributed by atoms with Crippen molar-refractivity contribution in [3.05, 3.63) is 0 Å². The van der Waals surface area contributed by atoms with Crippen LogP contribution in [0.1, 0.15) is 27.7 Å². The van der Waals surface area contributed by atoms with Crippen molar-refractivity contribution in [3.63, 3.8) is 0 Å². The zero-order valence-electron chi connectivity index (χ0n) is 12.2. The average molecular weight is 261 g/mol. The second kappa shape index (κ2) is 8.45. The van der Waals surface area contributed by atoms with Gasteiger partial charge in [0.15, 0.2) is 0 Å². The second-order valence-electron chi connectivity index (χ2n) is 5.59. The molecule has 18 heavy (non-hydrogen) atoms. The van der Waals surface area contributed by atoms with E-state index in [1.807, 2.05) is 0 Å². The molecule has 0 saturated carbocycles. The first-order valence-electron chi connectivity index (χ1n) is 6.34. The van der Waals surface area contributed by atoms with Crippen LogP contribution in [-0.4, -0.2) is 50.6 Å². The van der Waals surface area contributed by atoms with Gasteiger partial charge in [-0.05, 0) is 19.8 Å². The van der Waals surface area contributed by atoms with Crippen molar-refractivity contribution in [2.24, 2.45) is 11.3 Å². The maximum Gasteiger partial charge on any atom is 0.312 e. The number of aliphatic hydroxyl groups excluding tert-OH is 1. The van der Waals surface area contributed by atoms with Gasteiger partial charge in [0.25, 0.3) is 0 Å². The van der Waals surface area contributed by atoms with Crippen LogP contribution < -0.4 is 5.32 Å². The fourth-order valence-corrected chi connectivity index (χ4v) is 1.40. The Kier molecular flexibility index (Phi) is 8.15. The van der Waals surface area contributed by atoms with Crippen molar-refractivity contribution in [2.45, 2.75) is 33.8 Å². The Labute approximate surface area is 110 Å². The first-order chi connectivity index (χ1) is 8.29. The summed E-state index contributed by atoms with van der Waals surface area (Å²) in [6.45, 7) is 9.53. The van der Waals surface area contributed by atoms with E-state index in [4.69, 9.17) is 9.47 Å². The Morgan fingerprint density at radius 3 is 2.44 bits per heavy atom. The molecule has 0 aromatic heterocycles. The summed E-state index contributed by atoms with van der Waals surface area (Å²) in [6.07, 6.45) is -0.558. The molecule has 1 unspecified atom stereocenters. The van der Waals surface area contributed by atoms with Gasteiger partial charge in [0, 0.05) is 19.7 Å². The van der Waals surface area contributed by atoms with Crippen molar-refractivity contribution >= 4 is 5.97 Å². The van der Waals surface area contributed by atoms with Crippen LogP contribution in [0.25, 0.3) is 0 Å². The van der Waals surface area contributed by atoms with Crippen molar-refractivity contribution in [1.82, 2.24) is 5.32 Å². The van der Waals surface area contributed by atoms with Crippen LogP contribution in [0, 0.1) is 11.3 Å². The number of hydrogen-bond acceptors (Lipinski definition) is 5. The van der Waals surface area contributed by atoms with Gasteiger partial charge in [-0.25, -0.2) is 0 Å². The number of aliphatic hydroxyl groups is 1. The number of methoxy groups -OCH3 is 1. The van der Waals surface area contributed by atoms with Crippen LogP contribution in [0.15, 0.2) is 0 Å². The quantitative estimate of drug-likeness (QED) is 0.601. The monoisotopic (exact) mass is 261 g/mol. The molecule has 2 N–H and O–H groups in total. The fraction of sp³-hybridized carbons (Fsp3) is 0.923. The standard InChI is InChI=1S/C13H27NO4/c1-10(2)7-18-8-11(15)6-14-9-13(3,4)12(16)17-5/h10-11,14-15H,6-9H2,1-5H3. The summed E-state index contributed by atoms with van der Waals surface area (Å²) in [6, 6.07) is 0. The van der Waals surface area contributed by atoms with E-state index in [1.54, 1.807) is 13.8 Å². The highest BCUT2D eigenvalue weighted by Gasteiger charge is 2.28. The zero-order chi connectivity index (χ0) is 14.2. The SMILES string of the molecule is COC(=O)C(C)(C)CNCC(O)COCC(C)C. The molecule has 108 valence electrons. The van der Waals surface area contributed by atoms with E-state index >= 15 is 0 Å². The first kappa shape index (κ1) is 17.4. The summed E-state index contributed by atoms with van der Waals surface area (Å²) in [5, 5.41) is 12.7. The molecule has 0 fully saturated rings. The Bertz CT molecular complexity index is 241. The highest BCUT2D eigenvalue weighted by atomic mass is 16.5. The highest BCUT2D eigenvalue weighted by Crippen LogP contribution is 2.15. The summed E-state index contributed by atoms with van der Waals surface area (Å²) >= 11 is 0. The van der Waals surface area contributed by atoms with E-state index in [-0.39, 0.29) is 5.97 Å². The minimum absolute atomic E-state index is 0.263. The molecule has 0 amide bonds. The van der Waals surface area contributed by atoms with Gasteiger partial charge in [-0.1, -0.05) is 13.8 Å². The number of carbonyl (C=O) groups excluding carboxylic acids is 1. The Morgan fingerprint density at radius 2 is 1.94 bits per heavy atom. The molecule has 0 aliphatic rings. The lowest BCUT2D eigenvalue weighted by Crippen LogP contribution is -2.40. The van der Waals surface area contributed by atoms with E-state index in [0.717, 1.165) is 0 Å². The molecular weight excluding hydrogens is 234 g/mol. The molecule has 0 saturated heterocycles. The Balaban J connectivity index is 3.73. The third-order valence-corrected chi connectivity index (χ3v) is 2.45. The molecule has 0 spiro atoms. The highest BCUT2D eigenvalue weighted by molar-refractivity contribution is 5.76. The van der Waals surface area contributed by atoms with Gasteiger partial charge in [0.05, 0.1) is 25.2 Å². The zero-order valence-corrected chi connectivity index (χ0v) is 12.2. The van der Waals surface area contributed by atoms with Crippen LogP contribution in [0.4, 0.5) is 0 Å². The smallest absolute Gasteiger partial charge is 0.312 e. The Morgan fingerprint density at radius 1 is 1.33 bits per heavy atom. The molecule has 0 heterocycles. The van der Waals surface area contributed by atoms with Crippen molar-refractivity contribution in [2.75, 3.05) is 33.4 Å². The molecule has 5 heteroatoms. The van der Waals surface area contributed by atoms with Gasteiger partial charge in [-0.2, -0.15) is 0 Å². The molecule has 0 aromatic rings. The van der Waals surface area contributed by atoms with E-state index in [1.165, 1.54) is 7.11 Å². The largest absolute Gasteiger partial charge is 0.469 e. The predicted molar refractivity (Wildman–Crippen MR) is 70.3 cm³/mol. The number of rotatable bonds is 9. The maximum atomic E-state index is 11.4. The van der Waals surface area contributed by atoms with Crippen LogP contribution in [0.2, 0.25) is 0 Å². The number of ether oxygens (including phenoxy) is 2. The molecule has 5 nitrogen and oxygen atoms in total. The third kappa shape index (κ3) is 7.63. The van der Waals surface area contributed by atoms with E-state index in [9.17, 15) is 9.90 Å². The molecule has 1 atom stereocenters. The topological polar surface area (TPSA) is 67.8 Å². The van der Waals surface area contributed by atoms with Crippen LogP contribution in [0.5, 0.6) is 0 Å². The van der Waals surface area contributed by atoms with Crippen molar-refractivity contribution in [3.8, 4) is 0 Å². The van der Waals surface area contributed by atoms with Gasteiger partial charge in [-0.15, -0.1) is 0 Å². The summed E-state index contributed by atoms with van der Waals surface area (Å²) < 4.78 is 10.0. The molecular formula is C13H27NO4. The van der Waals surface area contributed by atoms with Gasteiger partial charge in [-0.3, -0.25) is 4.79 Å². The summed E-state index contributed by atoms with van der Waals surface area (Å²) in [5.74, 6) is 0.198. The molecule has 0 aromatic carbocycles. The van der Waals surface area contributed by atoms with Crippen LogP contribution in [0.3, 0.4) is 0 Å². The van der Waals surface area contributed by atoms with Gasteiger partial charge >= 0.3 is 5.97 Å². The number of carbonyl (C=O) groups is 1. The minimum Gasteiger partial charge on any atom is -0.469 e. The van der Waals surface area contributed by atoms with Gasteiger partial charge < -0.3 is 19.9 Å². The summed E-state index contributed by atoms with van der Waals surface area (Å²) in [7, 11) is 1.37. The molecule has 0 rings (SSSR count). The molecule has 0 bridgehead atoms. The van der Waals surface area contributed by atoms with Gasteiger partial charge in [0.2, 0.25) is 0 Å². The normalized spacial score (nSPS) is 13.7. The summed E-state index contributed by atoms with van der Waals surface area (Å²) in [5.41, 5.74) is -0.590. The maximum absolute atomic E-state index is 11.4. The average Bonchev–Trinajstić information content (AvgIpc) is 2.27. The third-order valence-electron chi connectivity index (χ3n) is 2.45. The predicted octanol–water partition coefficient (Wildman–Crippen LogP) is 0.809. The lowest BCUT2D eigenvalue weighted by molar-refractivity contribution is -0.150. The fourth-order valence-electron chi connectivity index (χ4n) is 1.40. The van der Waals surface area contributed by atoms with E-state index in [0.29, 0.717) is 32.2 Å². The second-order valence-corrected chi connectivity index (χ2v) is 5.59. The lowest BCUT2D eigenvalue weighted by Gasteiger charge is -2.22. The van der Waals surface area contributed by atoms with Gasteiger partial charge in [0.1, 0.15) is 0 Å². The Hall–Kier alpha value is -0.650. The minimum atomic E-state index is -0.590. The van der Waals surface area contributed by atoms with Crippen LogP contribution in [-0.2, 0) is 14.3 Å².